The zero-order chi connectivity index (χ0) is 8.15. The first-order chi connectivity index (χ1) is 4.54. The van der Waals surface area contributed by atoms with Crippen molar-refractivity contribution in [2.75, 3.05) is 27.2 Å². The highest BCUT2D eigenvalue weighted by molar-refractivity contribution is 5.72. The molecule has 0 aromatic carbocycles. The number of hydrogen-bond donors (Lipinski definition) is 1. The third-order valence-electron chi connectivity index (χ3n) is 1.19. The smallest absolute Gasteiger partial charge is 0.233 e. The number of carbonyl (C=O) groups is 1. The first kappa shape index (κ1) is 9.39. The van der Waals surface area contributed by atoms with Gasteiger partial charge in [0.25, 0.3) is 0 Å². The van der Waals surface area contributed by atoms with Crippen molar-refractivity contribution in [3.63, 3.8) is 0 Å². The van der Waals surface area contributed by atoms with Gasteiger partial charge in [-0.3, -0.25) is 9.80 Å². The highest BCUT2D eigenvalue weighted by Crippen LogP contribution is 1.80. The van der Waals surface area contributed by atoms with E-state index in [-0.39, 0.29) is 5.91 Å². The highest BCUT2D eigenvalue weighted by Gasteiger charge is 2.01. The minimum Gasteiger partial charge on any atom is -0.308 e. The molecule has 4 heteroatoms. The van der Waals surface area contributed by atoms with Gasteiger partial charge in [-0.25, -0.2) is 5.84 Å². The van der Waals surface area contributed by atoms with Gasteiger partial charge in [0, 0.05) is 20.0 Å². The fourth-order valence-electron chi connectivity index (χ4n) is 0.465. The van der Waals surface area contributed by atoms with Crippen LogP contribution in [0.3, 0.4) is 0 Å². The van der Waals surface area contributed by atoms with E-state index in [1.54, 1.807) is 0 Å². The molecule has 0 aliphatic heterocycles. The monoisotopic (exact) mass is 145 g/mol. The zero-order valence-electron chi connectivity index (χ0n) is 6.79. The number of nitrogens with zero attached hydrogens (tertiary/aromatic N) is 2. The Labute approximate surface area is 61.6 Å². The van der Waals surface area contributed by atoms with Crippen LogP contribution in [0.5, 0.6) is 0 Å². The van der Waals surface area contributed by atoms with E-state index < -0.39 is 0 Å². The topological polar surface area (TPSA) is 49.6 Å². The summed E-state index contributed by atoms with van der Waals surface area (Å²) in [6.45, 7) is 2.84. The van der Waals surface area contributed by atoms with Crippen LogP contribution in [0.2, 0.25) is 0 Å². The van der Waals surface area contributed by atoms with Crippen molar-refractivity contribution < 1.29 is 4.79 Å². The maximum absolute atomic E-state index is 10.5. The lowest BCUT2D eigenvalue weighted by Gasteiger charge is -2.16. The highest BCUT2D eigenvalue weighted by atomic mass is 16.2. The number of amides is 1. The van der Waals surface area contributed by atoms with Gasteiger partial charge in [0.15, 0.2) is 0 Å². The van der Waals surface area contributed by atoms with Crippen molar-refractivity contribution in [2.45, 2.75) is 6.92 Å². The summed E-state index contributed by atoms with van der Waals surface area (Å²) >= 11 is 0. The third-order valence-corrected chi connectivity index (χ3v) is 1.19. The first-order valence-corrected chi connectivity index (χ1v) is 3.21. The van der Waals surface area contributed by atoms with Crippen LogP contribution < -0.4 is 5.84 Å². The normalized spacial score (nSPS) is 10.1. The van der Waals surface area contributed by atoms with E-state index in [2.05, 4.69) is 0 Å². The van der Waals surface area contributed by atoms with Gasteiger partial charge < -0.3 is 4.90 Å². The van der Waals surface area contributed by atoms with Gasteiger partial charge in [0.2, 0.25) is 5.91 Å². The molecule has 0 atom stereocenters. The summed E-state index contributed by atoms with van der Waals surface area (Å²) in [5, 5.41) is 1.21. The van der Waals surface area contributed by atoms with Crippen LogP contribution >= 0.6 is 0 Å². The molecule has 0 unspecified atom stereocenters. The number of hydrazine groups is 1. The van der Waals surface area contributed by atoms with E-state index in [0.29, 0.717) is 6.54 Å². The quantitative estimate of drug-likeness (QED) is 0.323. The van der Waals surface area contributed by atoms with Gasteiger partial charge in [0.05, 0.1) is 0 Å². The molecule has 2 N–H and O–H groups in total. The number of nitrogens with two attached hydrogens (primary N) is 1. The molecule has 0 rings (SSSR count). The van der Waals surface area contributed by atoms with Gasteiger partial charge in [-0.05, 0) is 14.1 Å². The second-order valence-corrected chi connectivity index (χ2v) is 2.52. The molecule has 0 bridgehead atoms. The number of carbonyl (C=O) groups excluding carboxylic acids is 1. The minimum absolute atomic E-state index is 0.0955. The lowest BCUT2D eigenvalue weighted by Crippen LogP contribution is -2.40. The lowest BCUT2D eigenvalue weighted by molar-refractivity contribution is -0.129. The van der Waals surface area contributed by atoms with E-state index in [4.69, 9.17) is 5.84 Å². The Balaban J connectivity index is 3.40. The van der Waals surface area contributed by atoms with Crippen LogP contribution in [-0.2, 0) is 4.79 Å². The van der Waals surface area contributed by atoms with Crippen molar-refractivity contribution in [3.8, 4) is 0 Å². The molecular weight excluding hydrogens is 130 g/mol. The Hall–Kier alpha value is -0.610. The first-order valence-electron chi connectivity index (χ1n) is 3.21. The number of hydrogen-bond acceptors (Lipinski definition) is 3. The predicted molar refractivity (Wildman–Crippen MR) is 40.1 cm³/mol. The van der Waals surface area contributed by atoms with Crippen LogP contribution in [0.25, 0.3) is 0 Å². The lowest BCUT2D eigenvalue weighted by atomic mass is 10.5. The molecule has 10 heavy (non-hydrogen) atoms. The number of likely N-dealkylation sites (N-methyl/N-ethyl adjacent to an activating group) is 1. The van der Waals surface area contributed by atoms with Gasteiger partial charge in [0.1, 0.15) is 0 Å². The van der Waals surface area contributed by atoms with E-state index in [9.17, 15) is 4.79 Å². The molecule has 0 aliphatic rings. The summed E-state index contributed by atoms with van der Waals surface area (Å²) in [5.74, 6) is 5.23. The Morgan fingerprint density at radius 2 is 1.90 bits per heavy atom. The second kappa shape index (κ2) is 4.24. The third kappa shape index (κ3) is 4.29. The van der Waals surface area contributed by atoms with Gasteiger partial charge >= 0.3 is 0 Å². The molecule has 4 nitrogen and oxygen atoms in total. The molecule has 0 saturated carbocycles. The zero-order valence-corrected chi connectivity index (χ0v) is 6.79. The van der Waals surface area contributed by atoms with Gasteiger partial charge in [-0.2, -0.15) is 0 Å². The molecule has 60 valence electrons. The average molecular weight is 145 g/mol. The Morgan fingerprint density at radius 1 is 1.40 bits per heavy atom. The van der Waals surface area contributed by atoms with Crippen LogP contribution in [0, 0.1) is 0 Å². The SMILES string of the molecule is CC(=O)N(N)CCN(C)C. The molecular formula is C6H15N3O. The van der Waals surface area contributed by atoms with Crippen molar-refractivity contribution in [1.29, 1.82) is 0 Å². The Bertz CT molecular complexity index is 114. The van der Waals surface area contributed by atoms with Crippen LogP contribution in [0.15, 0.2) is 0 Å². The van der Waals surface area contributed by atoms with Gasteiger partial charge in [-0.15, -0.1) is 0 Å². The fourth-order valence-corrected chi connectivity index (χ4v) is 0.465. The number of rotatable bonds is 3. The predicted octanol–water partition coefficient (Wildman–Crippen LogP) is -0.730. The molecule has 1 amide bonds. The van der Waals surface area contributed by atoms with E-state index in [1.807, 2.05) is 19.0 Å². The maximum Gasteiger partial charge on any atom is 0.233 e. The average Bonchev–Trinajstić information content (AvgIpc) is 1.82. The molecule has 0 radical (unpaired) electrons. The van der Waals surface area contributed by atoms with E-state index in [1.165, 1.54) is 11.9 Å². The van der Waals surface area contributed by atoms with E-state index in [0.717, 1.165) is 6.54 Å². The fraction of sp³-hybridized carbons (Fsp3) is 0.833. The largest absolute Gasteiger partial charge is 0.308 e. The maximum atomic E-state index is 10.5. The van der Waals surface area contributed by atoms with E-state index >= 15 is 0 Å². The molecule has 0 saturated heterocycles. The minimum atomic E-state index is -0.0955. The molecule has 0 fully saturated rings. The van der Waals surface area contributed by atoms with Crippen molar-refractivity contribution in [3.05, 3.63) is 0 Å². The van der Waals surface area contributed by atoms with Gasteiger partial charge in [-0.1, -0.05) is 0 Å². The molecule has 0 heterocycles. The summed E-state index contributed by atoms with van der Waals surface area (Å²) in [5.41, 5.74) is 0. The second-order valence-electron chi connectivity index (χ2n) is 2.52. The summed E-state index contributed by atoms with van der Waals surface area (Å²) in [7, 11) is 3.88. The molecule has 0 spiro atoms. The summed E-state index contributed by atoms with van der Waals surface area (Å²) in [6, 6.07) is 0. The van der Waals surface area contributed by atoms with Crippen molar-refractivity contribution >= 4 is 5.91 Å². The summed E-state index contributed by atoms with van der Waals surface area (Å²) in [6.07, 6.45) is 0. The van der Waals surface area contributed by atoms with Crippen LogP contribution in [0.1, 0.15) is 6.92 Å². The summed E-state index contributed by atoms with van der Waals surface area (Å²) in [4.78, 5) is 12.5. The Morgan fingerprint density at radius 3 is 2.20 bits per heavy atom. The van der Waals surface area contributed by atoms with Crippen molar-refractivity contribution in [1.82, 2.24) is 9.91 Å². The Kier molecular flexibility index (Phi) is 3.99. The standard InChI is InChI=1S/C6H15N3O/c1-6(10)9(7)5-4-8(2)3/h4-5,7H2,1-3H3. The van der Waals surface area contributed by atoms with Crippen LogP contribution in [0.4, 0.5) is 0 Å². The van der Waals surface area contributed by atoms with Crippen LogP contribution in [-0.4, -0.2) is 43.0 Å². The summed E-state index contributed by atoms with van der Waals surface area (Å²) < 4.78 is 0. The molecule has 0 aliphatic carbocycles. The molecule has 0 aromatic rings. The molecule has 0 aromatic heterocycles. The van der Waals surface area contributed by atoms with Crippen molar-refractivity contribution in [2.24, 2.45) is 5.84 Å².